The molecular weight excluding hydrogens is 558 g/mol. The number of halogens is 2. The van der Waals surface area contributed by atoms with Gasteiger partial charge >= 0.3 is 0 Å². The molecule has 0 radical (unpaired) electrons. The van der Waals surface area contributed by atoms with Crippen LogP contribution >= 0.6 is 38.9 Å². The third-order valence-corrected chi connectivity index (χ3v) is 6.63. The Morgan fingerprint density at radius 2 is 2.00 bits per heavy atom. The predicted octanol–water partition coefficient (Wildman–Crippen LogP) is 5.36. The van der Waals surface area contributed by atoms with Crippen LogP contribution in [-0.2, 0) is 13.1 Å². The van der Waals surface area contributed by atoms with Gasteiger partial charge in [0, 0.05) is 26.9 Å². The Labute approximate surface area is 217 Å². The summed E-state index contributed by atoms with van der Waals surface area (Å²) in [6.45, 7) is 5.50. The quantitative estimate of drug-likeness (QED) is 0.294. The first kappa shape index (κ1) is 25.1. The number of carbonyl (C=O) groups is 2. The van der Waals surface area contributed by atoms with Crippen molar-refractivity contribution in [3.05, 3.63) is 72.7 Å². The van der Waals surface area contributed by atoms with E-state index in [0.717, 1.165) is 4.88 Å². The van der Waals surface area contributed by atoms with Gasteiger partial charge in [0.25, 0.3) is 17.4 Å². The van der Waals surface area contributed by atoms with Crippen molar-refractivity contribution >= 4 is 56.4 Å². The number of aromatic nitrogens is 4. The standard InChI is InChI=1S/C23H21BrClN5O4S/c1-23(2,3)22(33)30-19(27-11-14-4-5-18(25)35-14)10-15(28-30)16-8-13(24)9-20(32)29(16)12-17(31)21-26-6-7-34-21/h4-10,27H,11-12H2,1-3H3. The maximum absolute atomic E-state index is 13.2. The number of rotatable bonds is 7. The van der Waals surface area contributed by atoms with Crippen LogP contribution in [0.5, 0.6) is 0 Å². The number of hydrogen-bond acceptors (Lipinski definition) is 8. The highest BCUT2D eigenvalue weighted by Gasteiger charge is 2.28. The maximum Gasteiger partial charge on any atom is 0.264 e. The van der Waals surface area contributed by atoms with E-state index in [0.29, 0.717) is 32.6 Å². The van der Waals surface area contributed by atoms with E-state index in [9.17, 15) is 14.4 Å². The van der Waals surface area contributed by atoms with Crippen LogP contribution in [0.4, 0.5) is 5.82 Å². The van der Waals surface area contributed by atoms with Crippen molar-refractivity contribution in [3.8, 4) is 11.4 Å². The number of thiophene rings is 1. The molecule has 4 aromatic heterocycles. The topological polar surface area (TPSA) is 112 Å². The normalized spacial score (nSPS) is 11.6. The van der Waals surface area contributed by atoms with E-state index < -0.39 is 16.8 Å². The summed E-state index contributed by atoms with van der Waals surface area (Å²) < 4.78 is 8.81. The van der Waals surface area contributed by atoms with Gasteiger partial charge in [0.2, 0.25) is 5.78 Å². The predicted molar refractivity (Wildman–Crippen MR) is 137 cm³/mol. The summed E-state index contributed by atoms with van der Waals surface area (Å²) in [6, 6.07) is 8.39. The Hall–Kier alpha value is -3.02. The SMILES string of the molecule is CC(C)(C)C(=O)n1nc(-c2cc(Br)cc(=O)n2CC(=O)c2ncco2)cc1NCc1ccc(Cl)s1. The Bertz CT molecular complexity index is 1450. The Morgan fingerprint density at radius 3 is 2.63 bits per heavy atom. The van der Waals surface area contributed by atoms with Crippen molar-refractivity contribution < 1.29 is 14.0 Å². The first-order chi connectivity index (χ1) is 16.5. The van der Waals surface area contributed by atoms with E-state index in [2.05, 4.69) is 31.3 Å². The van der Waals surface area contributed by atoms with E-state index in [-0.39, 0.29) is 18.3 Å². The van der Waals surface area contributed by atoms with Crippen LogP contribution in [-0.4, -0.2) is 31.0 Å². The maximum atomic E-state index is 13.2. The molecule has 1 N–H and O–H groups in total. The number of Topliss-reactive ketones (excluding diaryl/α,β-unsaturated/α-hetero) is 1. The van der Waals surface area contributed by atoms with Crippen molar-refractivity contribution in [3.63, 3.8) is 0 Å². The van der Waals surface area contributed by atoms with Gasteiger partial charge in [-0.2, -0.15) is 9.78 Å². The van der Waals surface area contributed by atoms with Gasteiger partial charge in [0.05, 0.1) is 29.3 Å². The second-order valence-corrected chi connectivity index (χ2v) is 11.4. The molecule has 0 amide bonds. The zero-order valence-corrected chi connectivity index (χ0v) is 22.2. The molecule has 0 fully saturated rings. The fourth-order valence-corrected chi connectivity index (χ4v) is 4.68. The number of anilines is 1. The molecule has 4 heterocycles. The fraction of sp³-hybridized carbons (Fsp3) is 0.261. The lowest BCUT2D eigenvalue weighted by Gasteiger charge is -2.18. The molecule has 0 aliphatic heterocycles. The summed E-state index contributed by atoms with van der Waals surface area (Å²) in [6.07, 6.45) is 2.65. The highest BCUT2D eigenvalue weighted by Crippen LogP contribution is 2.28. The average Bonchev–Trinajstić information content (AvgIpc) is 3.53. The molecule has 4 rings (SSSR count). The van der Waals surface area contributed by atoms with Gasteiger partial charge in [-0.05, 0) is 18.2 Å². The smallest absolute Gasteiger partial charge is 0.264 e. The Kier molecular flexibility index (Phi) is 7.11. The molecule has 0 aliphatic rings. The highest BCUT2D eigenvalue weighted by atomic mass is 79.9. The summed E-state index contributed by atoms with van der Waals surface area (Å²) in [5.74, 6) is -0.368. The number of nitrogens with one attached hydrogen (secondary N) is 1. The van der Waals surface area contributed by atoms with E-state index in [4.69, 9.17) is 16.0 Å². The average molecular weight is 579 g/mol. The zero-order chi connectivity index (χ0) is 25.3. The van der Waals surface area contributed by atoms with Crippen molar-refractivity contribution in [1.82, 2.24) is 19.3 Å². The van der Waals surface area contributed by atoms with Gasteiger partial charge in [-0.3, -0.25) is 19.0 Å². The molecular formula is C23H21BrClN5O4S. The van der Waals surface area contributed by atoms with Crippen LogP contribution in [0.1, 0.15) is 41.1 Å². The molecule has 9 nitrogen and oxygen atoms in total. The molecule has 0 saturated heterocycles. The van der Waals surface area contributed by atoms with E-state index in [1.165, 1.54) is 39.1 Å². The van der Waals surface area contributed by atoms with Crippen LogP contribution in [0.15, 0.2) is 56.5 Å². The molecule has 0 aliphatic carbocycles. The summed E-state index contributed by atoms with van der Waals surface area (Å²) in [5.41, 5.74) is -0.447. The summed E-state index contributed by atoms with van der Waals surface area (Å²) in [4.78, 5) is 43.5. The third-order valence-electron chi connectivity index (χ3n) is 4.94. The molecule has 182 valence electrons. The second-order valence-electron chi connectivity index (χ2n) is 8.68. The number of hydrogen-bond donors (Lipinski definition) is 1. The van der Waals surface area contributed by atoms with Gasteiger partial charge in [-0.1, -0.05) is 48.3 Å². The molecule has 0 aromatic carbocycles. The molecule has 0 saturated carbocycles. The largest absolute Gasteiger partial charge is 0.442 e. The number of oxazole rings is 1. The lowest BCUT2D eigenvalue weighted by Crippen LogP contribution is -2.29. The molecule has 4 aromatic rings. The van der Waals surface area contributed by atoms with Gasteiger partial charge in [0.1, 0.15) is 17.8 Å². The van der Waals surface area contributed by atoms with Crippen LogP contribution < -0.4 is 10.9 Å². The van der Waals surface area contributed by atoms with Crippen molar-refractivity contribution in [2.24, 2.45) is 5.41 Å². The highest BCUT2D eigenvalue weighted by molar-refractivity contribution is 9.10. The molecule has 0 spiro atoms. The molecule has 0 bridgehead atoms. The first-order valence-electron chi connectivity index (χ1n) is 10.5. The van der Waals surface area contributed by atoms with Crippen LogP contribution in [0, 0.1) is 5.41 Å². The summed E-state index contributed by atoms with van der Waals surface area (Å²) in [5, 5.41) is 7.77. The Balaban J connectivity index is 1.77. The number of pyridine rings is 1. The van der Waals surface area contributed by atoms with Crippen molar-refractivity contribution in [2.75, 3.05) is 5.32 Å². The second kappa shape index (κ2) is 9.92. The number of nitrogens with zero attached hydrogens (tertiary/aromatic N) is 4. The summed E-state index contributed by atoms with van der Waals surface area (Å²) in [7, 11) is 0. The van der Waals surface area contributed by atoms with Crippen LogP contribution in [0.3, 0.4) is 0 Å². The van der Waals surface area contributed by atoms with Crippen molar-refractivity contribution in [1.29, 1.82) is 0 Å². The Morgan fingerprint density at radius 1 is 1.23 bits per heavy atom. The lowest BCUT2D eigenvalue weighted by atomic mass is 9.96. The molecule has 35 heavy (non-hydrogen) atoms. The summed E-state index contributed by atoms with van der Waals surface area (Å²) >= 11 is 10.8. The number of carbonyl (C=O) groups excluding carboxylic acids is 2. The van der Waals surface area contributed by atoms with Crippen LogP contribution in [0.2, 0.25) is 4.34 Å². The minimum Gasteiger partial charge on any atom is -0.442 e. The zero-order valence-electron chi connectivity index (χ0n) is 19.0. The van der Waals surface area contributed by atoms with Gasteiger partial charge in [-0.15, -0.1) is 11.3 Å². The van der Waals surface area contributed by atoms with E-state index in [1.807, 2.05) is 6.07 Å². The van der Waals surface area contributed by atoms with Crippen molar-refractivity contribution in [2.45, 2.75) is 33.9 Å². The number of ketones is 1. The van der Waals surface area contributed by atoms with Gasteiger partial charge < -0.3 is 9.73 Å². The van der Waals surface area contributed by atoms with E-state index in [1.54, 1.807) is 39.0 Å². The minimum atomic E-state index is -0.718. The lowest BCUT2D eigenvalue weighted by molar-refractivity contribution is 0.0752. The van der Waals surface area contributed by atoms with Crippen LogP contribution in [0.25, 0.3) is 11.4 Å². The minimum absolute atomic E-state index is 0.101. The monoisotopic (exact) mass is 577 g/mol. The van der Waals surface area contributed by atoms with E-state index >= 15 is 0 Å². The molecule has 0 atom stereocenters. The van der Waals surface area contributed by atoms with Gasteiger partial charge in [0.15, 0.2) is 0 Å². The molecule has 0 unspecified atom stereocenters. The fourth-order valence-electron chi connectivity index (χ4n) is 3.24. The first-order valence-corrected chi connectivity index (χ1v) is 12.5. The van der Waals surface area contributed by atoms with Gasteiger partial charge in [-0.25, -0.2) is 4.98 Å². The third kappa shape index (κ3) is 5.63. The molecule has 12 heteroatoms.